The van der Waals surface area contributed by atoms with Crippen LogP contribution in [0.2, 0.25) is 0 Å². The van der Waals surface area contributed by atoms with Gasteiger partial charge in [-0.25, -0.2) is 4.98 Å². The van der Waals surface area contributed by atoms with Crippen molar-refractivity contribution in [1.29, 1.82) is 0 Å². The lowest BCUT2D eigenvalue weighted by atomic mass is 10.2. The average Bonchev–Trinajstić information content (AvgIpc) is 2.29. The zero-order valence-corrected chi connectivity index (χ0v) is 10.7. The number of unbranched alkanes of at least 4 members (excludes halogenated alkanes) is 1. The largest absolute Gasteiger partial charge is 0.481 e. The molecule has 1 aromatic rings. The van der Waals surface area contributed by atoms with E-state index >= 15 is 0 Å². The summed E-state index contributed by atoms with van der Waals surface area (Å²) in [6, 6.07) is 3.36. The van der Waals surface area contributed by atoms with Crippen LogP contribution in [0, 0.1) is 0 Å². The van der Waals surface area contributed by atoms with E-state index in [4.69, 9.17) is 5.11 Å². The van der Waals surface area contributed by atoms with Crippen molar-refractivity contribution in [2.45, 2.75) is 19.3 Å². The van der Waals surface area contributed by atoms with Gasteiger partial charge in [0.1, 0.15) is 4.60 Å². The number of nitrogens with one attached hydrogen (secondary N) is 1. The van der Waals surface area contributed by atoms with Crippen LogP contribution in [0.1, 0.15) is 29.6 Å². The molecule has 1 aromatic heterocycles. The Bertz CT molecular complexity index is 392. The fourth-order valence-corrected chi connectivity index (χ4v) is 1.45. The minimum atomic E-state index is -0.812. The van der Waals surface area contributed by atoms with E-state index in [9.17, 15) is 9.59 Å². The Hall–Kier alpha value is -1.43. The van der Waals surface area contributed by atoms with Gasteiger partial charge in [-0.3, -0.25) is 9.59 Å². The van der Waals surface area contributed by atoms with Gasteiger partial charge in [-0.1, -0.05) is 0 Å². The Labute approximate surface area is 107 Å². The van der Waals surface area contributed by atoms with Crippen molar-refractivity contribution >= 4 is 27.8 Å². The first-order valence-electron chi connectivity index (χ1n) is 5.21. The number of hydrogen-bond donors (Lipinski definition) is 2. The lowest BCUT2D eigenvalue weighted by molar-refractivity contribution is -0.137. The minimum Gasteiger partial charge on any atom is -0.481 e. The molecule has 0 spiro atoms. The average molecular weight is 301 g/mol. The highest BCUT2D eigenvalue weighted by molar-refractivity contribution is 9.10. The first kappa shape index (κ1) is 13.6. The second-order valence-corrected chi connectivity index (χ2v) is 4.29. The van der Waals surface area contributed by atoms with E-state index < -0.39 is 5.97 Å². The van der Waals surface area contributed by atoms with Crippen molar-refractivity contribution in [3.63, 3.8) is 0 Å². The molecule has 6 heteroatoms. The highest BCUT2D eigenvalue weighted by atomic mass is 79.9. The summed E-state index contributed by atoms with van der Waals surface area (Å²) in [5, 5.41) is 11.1. The summed E-state index contributed by atoms with van der Waals surface area (Å²) in [5.41, 5.74) is 0.492. The molecule has 0 bridgehead atoms. The van der Waals surface area contributed by atoms with Crippen LogP contribution in [0.25, 0.3) is 0 Å². The molecule has 0 aliphatic rings. The number of carboxylic acid groups (broad SMARTS) is 1. The summed E-state index contributed by atoms with van der Waals surface area (Å²) in [7, 11) is 0. The Morgan fingerprint density at radius 3 is 2.71 bits per heavy atom. The molecule has 92 valence electrons. The number of pyridine rings is 1. The van der Waals surface area contributed by atoms with Gasteiger partial charge in [0.25, 0.3) is 5.91 Å². The number of hydrogen-bond acceptors (Lipinski definition) is 3. The summed E-state index contributed by atoms with van der Waals surface area (Å²) in [6.45, 7) is 0.474. The fraction of sp³-hybridized carbons (Fsp3) is 0.364. The minimum absolute atomic E-state index is 0.135. The van der Waals surface area contributed by atoms with Crippen LogP contribution in [-0.4, -0.2) is 28.5 Å². The zero-order valence-electron chi connectivity index (χ0n) is 9.15. The van der Waals surface area contributed by atoms with Crippen LogP contribution < -0.4 is 5.32 Å². The molecular weight excluding hydrogens is 288 g/mol. The van der Waals surface area contributed by atoms with Crippen LogP contribution in [0.15, 0.2) is 22.9 Å². The summed E-state index contributed by atoms with van der Waals surface area (Å²) in [4.78, 5) is 25.8. The van der Waals surface area contributed by atoms with E-state index in [1.54, 1.807) is 12.1 Å². The van der Waals surface area contributed by atoms with Crippen molar-refractivity contribution in [3.05, 3.63) is 28.5 Å². The third kappa shape index (κ3) is 5.44. The standard InChI is InChI=1S/C11H13BrN2O3/c12-9-5-4-8(7-14-9)11(17)13-6-2-1-3-10(15)16/h4-5,7H,1-3,6H2,(H,13,17)(H,15,16). The third-order valence-electron chi connectivity index (χ3n) is 2.09. The molecule has 5 nitrogen and oxygen atoms in total. The van der Waals surface area contributed by atoms with Gasteiger partial charge in [0.15, 0.2) is 0 Å². The van der Waals surface area contributed by atoms with E-state index in [0.717, 1.165) is 0 Å². The normalized spacial score (nSPS) is 9.94. The van der Waals surface area contributed by atoms with Crippen molar-refractivity contribution in [1.82, 2.24) is 10.3 Å². The van der Waals surface area contributed by atoms with Crippen molar-refractivity contribution in [3.8, 4) is 0 Å². The van der Waals surface area contributed by atoms with Gasteiger partial charge in [0.2, 0.25) is 0 Å². The fourth-order valence-electron chi connectivity index (χ4n) is 1.22. The second-order valence-electron chi connectivity index (χ2n) is 3.48. The number of carbonyl (C=O) groups is 2. The van der Waals surface area contributed by atoms with Crippen LogP contribution in [0.3, 0.4) is 0 Å². The molecule has 0 unspecified atom stereocenters. The van der Waals surface area contributed by atoms with E-state index in [1.165, 1.54) is 6.20 Å². The monoisotopic (exact) mass is 300 g/mol. The number of aromatic nitrogens is 1. The smallest absolute Gasteiger partial charge is 0.303 e. The molecule has 1 amide bonds. The van der Waals surface area contributed by atoms with Crippen LogP contribution >= 0.6 is 15.9 Å². The molecule has 0 aliphatic heterocycles. The zero-order chi connectivity index (χ0) is 12.7. The highest BCUT2D eigenvalue weighted by Gasteiger charge is 2.04. The third-order valence-corrected chi connectivity index (χ3v) is 2.56. The predicted molar refractivity (Wildman–Crippen MR) is 65.8 cm³/mol. The van der Waals surface area contributed by atoms with Crippen LogP contribution in [0.5, 0.6) is 0 Å². The van der Waals surface area contributed by atoms with E-state index in [2.05, 4.69) is 26.2 Å². The van der Waals surface area contributed by atoms with Crippen molar-refractivity contribution < 1.29 is 14.7 Å². The van der Waals surface area contributed by atoms with Gasteiger partial charge in [-0.05, 0) is 40.9 Å². The van der Waals surface area contributed by atoms with E-state index in [1.807, 2.05) is 0 Å². The quantitative estimate of drug-likeness (QED) is 0.620. The molecule has 17 heavy (non-hydrogen) atoms. The molecule has 2 N–H and O–H groups in total. The molecule has 0 saturated carbocycles. The SMILES string of the molecule is O=C(O)CCCCNC(=O)c1ccc(Br)nc1. The summed E-state index contributed by atoms with van der Waals surface area (Å²) in [5.74, 6) is -1.01. The summed E-state index contributed by atoms with van der Waals surface area (Å²) >= 11 is 3.18. The number of nitrogens with zero attached hydrogens (tertiary/aromatic N) is 1. The topological polar surface area (TPSA) is 79.3 Å². The number of carbonyl (C=O) groups excluding carboxylic acids is 1. The first-order valence-corrected chi connectivity index (χ1v) is 6.00. The van der Waals surface area contributed by atoms with Gasteiger partial charge in [0.05, 0.1) is 5.56 Å². The number of halogens is 1. The molecule has 0 radical (unpaired) electrons. The Kier molecular flexibility index (Phi) is 5.62. The maximum atomic E-state index is 11.6. The first-order chi connectivity index (χ1) is 8.09. The summed E-state index contributed by atoms with van der Waals surface area (Å²) < 4.78 is 0.676. The number of carboxylic acids is 1. The molecule has 0 aromatic carbocycles. The van der Waals surface area contributed by atoms with Crippen molar-refractivity contribution in [2.75, 3.05) is 6.54 Å². The van der Waals surface area contributed by atoms with E-state index in [-0.39, 0.29) is 12.3 Å². The number of rotatable bonds is 6. The van der Waals surface area contributed by atoms with Gasteiger partial charge in [0, 0.05) is 19.2 Å². The van der Waals surface area contributed by atoms with E-state index in [0.29, 0.717) is 29.6 Å². The molecule has 0 saturated heterocycles. The molecule has 1 heterocycles. The molecule has 1 rings (SSSR count). The van der Waals surface area contributed by atoms with Gasteiger partial charge < -0.3 is 10.4 Å². The lowest BCUT2D eigenvalue weighted by Crippen LogP contribution is -2.24. The Morgan fingerprint density at radius 2 is 2.12 bits per heavy atom. The number of aliphatic carboxylic acids is 1. The highest BCUT2D eigenvalue weighted by Crippen LogP contribution is 2.06. The Morgan fingerprint density at radius 1 is 1.35 bits per heavy atom. The van der Waals surface area contributed by atoms with Crippen LogP contribution in [-0.2, 0) is 4.79 Å². The lowest BCUT2D eigenvalue weighted by Gasteiger charge is -2.04. The number of amides is 1. The molecule has 0 aliphatic carbocycles. The summed E-state index contributed by atoms with van der Waals surface area (Å²) in [6.07, 6.45) is 2.84. The van der Waals surface area contributed by atoms with Crippen LogP contribution in [0.4, 0.5) is 0 Å². The van der Waals surface area contributed by atoms with Gasteiger partial charge >= 0.3 is 5.97 Å². The van der Waals surface area contributed by atoms with Crippen molar-refractivity contribution in [2.24, 2.45) is 0 Å². The Balaban J connectivity index is 2.25. The molecule has 0 atom stereocenters. The maximum Gasteiger partial charge on any atom is 0.303 e. The molecular formula is C11H13BrN2O3. The molecule has 0 fully saturated rings. The van der Waals surface area contributed by atoms with Gasteiger partial charge in [-0.15, -0.1) is 0 Å². The second kappa shape index (κ2) is 7.01. The van der Waals surface area contributed by atoms with Gasteiger partial charge in [-0.2, -0.15) is 0 Å². The predicted octanol–water partition coefficient (Wildman–Crippen LogP) is 1.83. The maximum absolute atomic E-state index is 11.6.